The molecule has 1 amide bonds. The fraction of sp³-hybridized carbons (Fsp3) is 0.333. The molecule has 0 aliphatic rings. The Morgan fingerprint density at radius 2 is 1.68 bits per heavy atom. The number of esters is 1. The van der Waals surface area contributed by atoms with Gasteiger partial charge in [-0.05, 0) is 26.0 Å². The van der Waals surface area contributed by atoms with Crippen LogP contribution in [0.2, 0.25) is 0 Å². The molecule has 0 spiro atoms. The Morgan fingerprint density at radius 1 is 1.18 bits per heavy atom. The van der Waals surface area contributed by atoms with Crippen LogP contribution in [-0.4, -0.2) is 32.6 Å². The summed E-state index contributed by atoms with van der Waals surface area (Å²) in [4.78, 5) is 21.9. The number of amides is 1. The van der Waals surface area contributed by atoms with Crippen molar-refractivity contribution in [1.29, 1.82) is 0 Å². The standard InChI is InChI=1S/C12H12F3NO5S/c1-7-3-5-9(6-4-7)22(19,20)16-10(17)8(2)21-11(18)12(13,14)15/h3-6,8H,1-2H3,(H,16,17). The molecule has 10 heteroatoms. The molecule has 0 aromatic heterocycles. The molecule has 1 aromatic carbocycles. The van der Waals surface area contributed by atoms with Gasteiger partial charge in [0.25, 0.3) is 15.9 Å². The van der Waals surface area contributed by atoms with Crippen LogP contribution < -0.4 is 4.72 Å². The molecule has 0 aliphatic carbocycles. The van der Waals surface area contributed by atoms with Crippen LogP contribution in [0, 0.1) is 6.92 Å². The lowest BCUT2D eigenvalue weighted by molar-refractivity contribution is -0.204. The smallest absolute Gasteiger partial charge is 0.446 e. The van der Waals surface area contributed by atoms with E-state index in [-0.39, 0.29) is 4.90 Å². The second kappa shape index (κ2) is 6.34. The van der Waals surface area contributed by atoms with E-state index in [2.05, 4.69) is 4.74 Å². The minimum atomic E-state index is -5.27. The first-order chi connectivity index (χ1) is 9.93. The predicted molar refractivity (Wildman–Crippen MR) is 68.1 cm³/mol. The number of carbonyl (C=O) groups excluding carboxylic acids is 2. The van der Waals surface area contributed by atoms with E-state index in [1.165, 1.54) is 29.0 Å². The molecule has 6 nitrogen and oxygen atoms in total. The van der Waals surface area contributed by atoms with Crippen LogP contribution in [0.5, 0.6) is 0 Å². The summed E-state index contributed by atoms with van der Waals surface area (Å²) in [5, 5.41) is 0. The molecule has 22 heavy (non-hydrogen) atoms. The summed E-state index contributed by atoms with van der Waals surface area (Å²) >= 11 is 0. The Balaban J connectivity index is 2.79. The maximum Gasteiger partial charge on any atom is 0.490 e. The number of hydrogen-bond donors (Lipinski definition) is 1. The van der Waals surface area contributed by atoms with E-state index in [1.54, 1.807) is 6.92 Å². The highest BCUT2D eigenvalue weighted by molar-refractivity contribution is 7.90. The summed E-state index contributed by atoms with van der Waals surface area (Å²) in [7, 11) is -4.26. The second-order valence-electron chi connectivity index (χ2n) is 4.33. The molecular weight excluding hydrogens is 327 g/mol. The lowest BCUT2D eigenvalue weighted by atomic mass is 10.2. The third-order valence-electron chi connectivity index (χ3n) is 2.45. The summed E-state index contributed by atoms with van der Waals surface area (Å²) in [5.41, 5.74) is 0.776. The van der Waals surface area contributed by atoms with Gasteiger partial charge in [-0.1, -0.05) is 17.7 Å². The summed E-state index contributed by atoms with van der Waals surface area (Å²) in [5.74, 6) is -3.97. The van der Waals surface area contributed by atoms with Gasteiger partial charge < -0.3 is 4.74 Å². The molecule has 0 bridgehead atoms. The van der Waals surface area contributed by atoms with Crippen molar-refractivity contribution < 1.29 is 35.9 Å². The highest BCUT2D eigenvalue weighted by atomic mass is 32.2. The molecule has 0 fully saturated rings. The highest BCUT2D eigenvalue weighted by Crippen LogP contribution is 2.17. The van der Waals surface area contributed by atoms with Gasteiger partial charge in [-0.3, -0.25) is 4.79 Å². The van der Waals surface area contributed by atoms with Crippen molar-refractivity contribution >= 4 is 21.9 Å². The van der Waals surface area contributed by atoms with Gasteiger partial charge in [0, 0.05) is 0 Å². The molecule has 0 saturated heterocycles. The largest absolute Gasteiger partial charge is 0.490 e. The topological polar surface area (TPSA) is 89.5 Å². The number of rotatable bonds is 4. The zero-order valence-corrected chi connectivity index (χ0v) is 12.3. The van der Waals surface area contributed by atoms with Crippen molar-refractivity contribution in [2.75, 3.05) is 0 Å². The lowest BCUT2D eigenvalue weighted by Gasteiger charge is -2.14. The van der Waals surface area contributed by atoms with Gasteiger partial charge >= 0.3 is 12.1 Å². The third-order valence-corrected chi connectivity index (χ3v) is 3.81. The average Bonchev–Trinajstić information content (AvgIpc) is 2.37. The molecular formula is C12H12F3NO5S. The lowest BCUT2D eigenvalue weighted by Crippen LogP contribution is -2.41. The Morgan fingerprint density at radius 3 is 2.14 bits per heavy atom. The van der Waals surface area contributed by atoms with Crippen LogP contribution >= 0.6 is 0 Å². The number of nitrogens with one attached hydrogen (secondary N) is 1. The average molecular weight is 339 g/mol. The van der Waals surface area contributed by atoms with Crippen molar-refractivity contribution in [1.82, 2.24) is 4.72 Å². The second-order valence-corrected chi connectivity index (χ2v) is 6.01. The maximum atomic E-state index is 12.0. The molecule has 0 radical (unpaired) electrons. The number of carbonyl (C=O) groups is 2. The number of ether oxygens (including phenoxy) is 1. The van der Waals surface area contributed by atoms with Crippen LogP contribution in [0.25, 0.3) is 0 Å². The first kappa shape index (κ1) is 18.0. The number of alkyl halides is 3. The highest BCUT2D eigenvalue weighted by Gasteiger charge is 2.42. The molecule has 1 aromatic rings. The van der Waals surface area contributed by atoms with E-state index in [1.807, 2.05) is 0 Å². The Hall–Kier alpha value is -2.10. The molecule has 1 unspecified atom stereocenters. The van der Waals surface area contributed by atoms with Gasteiger partial charge in [-0.2, -0.15) is 13.2 Å². The molecule has 0 heterocycles. The first-order valence-electron chi connectivity index (χ1n) is 5.84. The minimum Gasteiger partial charge on any atom is -0.446 e. The molecule has 1 N–H and O–H groups in total. The Kier molecular flexibility index (Phi) is 5.17. The summed E-state index contributed by atoms with van der Waals surface area (Å²) in [6.07, 6.45) is -7.20. The van der Waals surface area contributed by atoms with Gasteiger partial charge in [-0.15, -0.1) is 0 Å². The quantitative estimate of drug-likeness (QED) is 0.835. The van der Waals surface area contributed by atoms with Gasteiger partial charge in [0.15, 0.2) is 6.10 Å². The SMILES string of the molecule is Cc1ccc(S(=O)(=O)NC(=O)C(C)OC(=O)C(F)(F)F)cc1. The van der Waals surface area contributed by atoms with Crippen molar-refractivity contribution in [2.45, 2.75) is 31.0 Å². The van der Waals surface area contributed by atoms with Crippen molar-refractivity contribution in [3.8, 4) is 0 Å². The Labute approximate surface area is 124 Å². The van der Waals surface area contributed by atoms with E-state index in [0.717, 1.165) is 12.5 Å². The van der Waals surface area contributed by atoms with Gasteiger partial charge in [0.2, 0.25) is 0 Å². The maximum absolute atomic E-state index is 12.0. The normalized spacial score (nSPS) is 13.3. The zero-order chi connectivity index (χ0) is 17.1. The first-order valence-corrected chi connectivity index (χ1v) is 7.33. The number of sulfonamides is 1. The van der Waals surface area contributed by atoms with Gasteiger partial charge in [0.05, 0.1) is 4.90 Å². The fourth-order valence-corrected chi connectivity index (χ4v) is 2.32. The minimum absolute atomic E-state index is 0.249. The van der Waals surface area contributed by atoms with Crippen molar-refractivity contribution in [3.05, 3.63) is 29.8 Å². The monoisotopic (exact) mass is 339 g/mol. The van der Waals surface area contributed by atoms with E-state index in [0.29, 0.717) is 0 Å². The summed E-state index contributed by atoms with van der Waals surface area (Å²) < 4.78 is 65.0. The van der Waals surface area contributed by atoms with Crippen LogP contribution in [0.1, 0.15) is 12.5 Å². The van der Waals surface area contributed by atoms with E-state index in [9.17, 15) is 31.2 Å². The van der Waals surface area contributed by atoms with Crippen LogP contribution in [-0.2, 0) is 24.3 Å². The number of aryl methyl sites for hydroxylation is 1. The van der Waals surface area contributed by atoms with Crippen LogP contribution in [0.4, 0.5) is 13.2 Å². The van der Waals surface area contributed by atoms with Crippen LogP contribution in [0.15, 0.2) is 29.2 Å². The molecule has 122 valence electrons. The van der Waals surface area contributed by atoms with Crippen LogP contribution in [0.3, 0.4) is 0 Å². The van der Waals surface area contributed by atoms with Crippen molar-refractivity contribution in [2.24, 2.45) is 0 Å². The van der Waals surface area contributed by atoms with Gasteiger partial charge in [-0.25, -0.2) is 17.9 Å². The van der Waals surface area contributed by atoms with Gasteiger partial charge in [0.1, 0.15) is 0 Å². The summed E-state index contributed by atoms with van der Waals surface area (Å²) in [6, 6.07) is 5.40. The zero-order valence-electron chi connectivity index (χ0n) is 11.5. The molecule has 0 aliphatic heterocycles. The Bertz CT molecular complexity index is 667. The summed E-state index contributed by atoms with van der Waals surface area (Å²) in [6.45, 7) is 2.54. The molecule has 1 atom stereocenters. The van der Waals surface area contributed by atoms with Crippen molar-refractivity contribution in [3.63, 3.8) is 0 Å². The van der Waals surface area contributed by atoms with E-state index in [4.69, 9.17) is 0 Å². The van der Waals surface area contributed by atoms with E-state index < -0.39 is 34.2 Å². The number of halogens is 3. The third kappa shape index (κ3) is 4.72. The van der Waals surface area contributed by atoms with E-state index >= 15 is 0 Å². The number of benzene rings is 1. The number of hydrogen-bond acceptors (Lipinski definition) is 5. The predicted octanol–water partition coefficient (Wildman–Crippen LogP) is 1.29. The molecule has 1 rings (SSSR count). The molecule has 0 saturated carbocycles. The fourth-order valence-electron chi connectivity index (χ4n) is 1.27.